The molecule has 1 fully saturated rings. The second kappa shape index (κ2) is 5.97. The Kier molecular flexibility index (Phi) is 4.22. The molecule has 0 aromatic carbocycles. The van der Waals surface area contributed by atoms with Gasteiger partial charge in [0.2, 0.25) is 0 Å². The zero-order valence-corrected chi connectivity index (χ0v) is 14.3. The number of aliphatic imine (C=N–C) groups is 1. The first-order valence-electron chi connectivity index (χ1n) is 7.34. The molecule has 1 aromatic heterocycles. The summed E-state index contributed by atoms with van der Waals surface area (Å²) >= 11 is 3.20. The fourth-order valence-corrected chi connectivity index (χ4v) is 4.85. The van der Waals surface area contributed by atoms with E-state index in [2.05, 4.69) is 42.1 Å². The molecule has 3 heterocycles. The topological polar surface area (TPSA) is 32.7 Å². The van der Waals surface area contributed by atoms with Gasteiger partial charge in [-0.3, -0.25) is 4.79 Å². The van der Waals surface area contributed by atoms with E-state index < -0.39 is 0 Å². The number of likely N-dealkylation sites (tertiary alicyclic amines) is 1. The van der Waals surface area contributed by atoms with Crippen LogP contribution in [0.2, 0.25) is 0 Å². The highest BCUT2D eigenvalue weighted by molar-refractivity contribution is 8.18. The average Bonchev–Trinajstić information content (AvgIpc) is 2.97. The van der Waals surface area contributed by atoms with Crippen molar-refractivity contribution in [1.82, 2.24) is 4.90 Å². The Bertz CT molecular complexity index is 608. The summed E-state index contributed by atoms with van der Waals surface area (Å²) in [6, 6.07) is 2.08. The second-order valence-electron chi connectivity index (χ2n) is 6.13. The Hall–Kier alpha value is -1.07. The maximum atomic E-state index is 12.1. The maximum Gasteiger partial charge on any atom is 0.286 e. The average molecular weight is 320 g/mol. The third-order valence-corrected chi connectivity index (χ3v) is 5.92. The zero-order chi connectivity index (χ0) is 15.0. The molecule has 0 aliphatic carbocycles. The van der Waals surface area contributed by atoms with Gasteiger partial charge in [0.25, 0.3) is 5.91 Å². The largest absolute Gasteiger partial charge is 0.350 e. The predicted octanol–water partition coefficient (Wildman–Crippen LogP) is 4.00. The van der Waals surface area contributed by atoms with Crippen molar-refractivity contribution in [1.29, 1.82) is 0 Å². The van der Waals surface area contributed by atoms with Gasteiger partial charge >= 0.3 is 0 Å². The summed E-state index contributed by atoms with van der Waals surface area (Å²) in [5, 5.41) is 2.94. The summed E-state index contributed by atoms with van der Waals surface area (Å²) < 4.78 is 0. The molecule has 2 atom stereocenters. The predicted molar refractivity (Wildman–Crippen MR) is 91.6 cm³/mol. The zero-order valence-electron chi connectivity index (χ0n) is 12.6. The van der Waals surface area contributed by atoms with Crippen molar-refractivity contribution >= 4 is 40.2 Å². The van der Waals surface area contributed by atoms with E-state index in [1.165, 1.54) is 23.7 Å². The Labute approximate surface area is 134 Å². The van der Waals surface area contributed by atoms with Gasteiger partial charge in [-0.15, -0.1) is 11.3 Å². The number of carbonyl (C=O) groups is 1. The summed E-state index contributed by atoms with van der Waals surface area (Å²) in [5.74, 6) is 1.24. The number of carbonyl (C=O) groups excluding carboxylic acids is 1. The highest BCUT2D eigenvalue weighted by atomic mass is 32.2. The number of thiophene rings is 1. The lowest BCUT2D eigenvalue weighted by Gasteiger charge is -2.35. The van der Waals surface area contributed by atoms with Crippen molar-refractivity contribution in [3.05, 3.63) is 26.8 Å². The van der Waals surface area contributed by atoms with Gasteiger partial charge in [-0.2, -0.15) is 4.99 Å². The van der Waals surface area contributed by atoms with Crippen LogP contribution in [0.1, 0.15) is 30.7 Å². The summed E-state index contributed by atoms with van der Waals surface area (Å²) in [6.45, 7) is 8.64. The van der Waals surface area contributed by atoms with Crippen LogP contribution in [-0.4, -0.2) is 29.1 Å². The summed E-state index contributed by atoms with van der Waals surface area (Å²) in [5.41, 5.74) is 1.22. The van der Waals surface area contributed by atoms with Gasteiger partial charge in [0.15, 0.2) is 5.17 Å². The van der Waals surface area contributed by atoms with Crippen LogP contribution in [0.25, 0.3) is 6.08 Å². The minimum atomic E-state index is -0.0892. The Morgan fingerprint density at radius 3 is 2.67 bits per heavy atom. The van der Waals surface area contributed by atoms with Crippen molar-refractivity contribution in [3.63, 3.8) is 0 Å². The quantitative estimate of drug-likeness (QED) is 0.733. The van der Waals surface area contributed by atoms with Crippen LogP contribution in [0.4, 0.5) is 0 Å². The standard InChI is InChI=1S/C16H20N2OS2/c1-10-6-11(2)9-18(8-10)16-17-15(19)14(21-16)7-13-12(3)4-5-20-13/h4-5,7,10-11H,6,8-9H2,1-3H3/b14-7+/t10-,11-/m1/s1. The first-order chi connectivity index (χ1) is 10.0. The Morgan fingerprint density at radius 1 is 1.33 bits per heavy atom. The van der Waals surface area contributed by atoms with E-state index in [1.807, 2.05) is 6.08 Å². The molecular formula is C16H20N2OS2. The van der Waals surface area contributed by atoms with Gasteiger partial charge in [0.05, 0.1) is 4.91 Å². The van der Waals surface area contributed by atoms with E-state index in [4.69, 9.17) is 0 Å². The molecule has 1 amide bonds. The number of piperidine rings is 1. The number of thioether (sulfide) groups is 1. The van der Waals surface area contributed by atoms with E-state index in [9.17, 15) is 4.79 Å². The van der Waals surface area contributed by atoms with Gasteiger partial charge in [-0.05, 0) is 60.0 Å². The number of aryl methyl sites for hydroxylation is 1. The number of rotatable bonds is 1. The molecule has 0 spiro atoms. The fraction of sp³-hybridized carbons (Fsp3) is 0.500. The summed E-state index contributed by atoms with van der Waals surface area (Å²) in [7, 11) is 0. The van der Waals surface area contributed by atoms with E-state index in [-0.39, 0.29) is 5.91 Å². The summed E-state index contributed by atoms with van der Waals surface area (Å²) in [6.07, 6.45) is 3.25. The third-order valence-electron chi connectivity index (χ3n) is 3.91. The molecule has 1 aromatic rings. The molecule has 2 aliphatic rings. The smallest absolute Gasteiger partial charge is 0.286 e. The molecule has 0 bridgehead atoms. The van der Waals surface area contributed by atoms with Crippen LogP contribution in [-0.2, 0) is 4.79 Å². The van der Waals surface area contributed by atoms with E-state index in [0.29, 0.717) is 11.8 Å². The molecule has 2 aliphatic heterocycles. The molecule has 1 saturated heterocycles. The molecule has 5 heteroatoms. The van der Waals surface area contributed by atoms with Crippen molar-refractivity contribution in [2.75, 3.05) is 13.1 Å². The number of hydrogen-bond acceptors (Lipinski definition) is 4. The van der Waals surface area contributed by atoms with Gasteiger partial charge < -0.3 is 4.90 Å². The van der Waals surface area contributed by atoms with E-state index in [1.54, 1.807) is 11.3 Å². The van der Waals surface area contributed by atoms with Crippen LogP contribution in [0.5, 0.6) is 0 Å². The van der Waals surface area contributed by atoms with E-state index in [0.717, 1.165) is 28.0 Å². The van der Waals surface area contributed by atoms with Crippen LogP contribution >= 0.6 is 23.1 Å². The van der Waals surface area contributed by atoms with E-state index >= 15 is 0 Å². The molecule has 21 heavy (non-hydrogen) atoms. The fourth-order valence-electron chi connectivity index (χ4n) is 3.00. The van der Waals surface area contributed by atoms with Gasteiger partial charge in [-0.25, -0.2) is 0 Å². The SMILES string of the molecule is Cc1ccsc1/C=C1/SC(N2C[C@H](C)C[C@@H](C)C2)=NC1=O. The molecule has 3 rings (SSSR count). The highest BCUT2D eigenvalue weighted by Crippen LogP contribution is 2.34. The Morgan fingerprint density at radius 2 is 2.05 bits per heavy atom. The van der Waals surface area contributed by atoms with Crippen molar-refractivity contribution in [3.8, 4) is 0 Å². The number of hydrogen-bond donors (Lipinski definition) is 0. The van der Waals surface area contributed by atoms with Crippen molar-refractivity contribution < 1.29 is 4.79 Å². The molecule has 0 unspecified atom stereocenters. The second-order valence-corrected chi connectivity index (χ2v) is 8.09. The highest BCUT2D eigenvalue weighted by Gasteiger charge is 2.30. The molecule has 0 N–H and O–H groups in total. The van der Waals surface area contributed by atoms with Crippen LogP contribution in [0.15, 0.2) is 21.3 Å². The first kappa shape index (κ1) is 14.9. The van der Waals surface area contributed by atoms with Gasteiger partial charge in [0, 0.05) is 18.0 Å². The molecule has 0 saturated carbocycles. The lowest BCUT2D eigenvalue weighted by Crippen LogP contribution is -2.40. The van der Waals surface area contributed by atoms with Crippen LogP contribution in [0, 0.1) is 18.8 Å². The monoisotopic (exact) mass is 320 g/mol. The lowest BCUT2D eigenvalue weighted by atomic mass is 9.92. The lowest BCUT2D eigenvalue weighted by molar-refractivity contribution is -0.113. The van der Waals surface area contributed by atoms with Crippen molar-refractivity contribution in [2.24, 2.45) is 16.8 Å². The minimum Gasteiger partial charge on any atom is -0.350 e. The summed E-state index contributed by atoms with van der Waals surface area (Å²) in [4.78, 5) is 20.6. The third kappa shape index (κ3) is 3.24. The normalized spacial score (nSPS) is 28.3. The maximum absolute atomic E-state index is 12.1. The molecular weight excluding hydrogens is 300 g/mol. The number of nitrogens with zero attached hydrogens (tertiary/aromatic N) is 2. The number of amides is 1. The van der Waals surface area contributed by atoms with Crippen LogP contribution in [0.3, 0.4) is 0 Å². The Balaban J connectivity index is 1.76. The first-order valence-corrected chi connectivity index (χ1v) is 9.04. The van der Waals surface area contributed by atoms with Gasteiger partial charge in [-0.1, -0.05) is 13.8 Å². The van der Waals surface area contributed by atoms with Crippen LogP contribution < -0.4 is 0 Å². The molecule has 0 radical (unpaired) electrons. The molecule has 112 valence electrons. The minimum absolute atomic E-state index is 0.0892. The van der Waals surface area contributed by atoms with Gasteiger partial charge in [0.1, 0.15) is 0 Å². The van der Waals surface area contributed by atoms with Crippen molar-refractivity contribution in [2.45, 2.75) is 27.2 Å². The number of amidine groups is 1. The molecule has 3 nitrogen and oxygen atoms in total.